The van der Waals surface area contributed by atoms with Gasteiger partial charge in [0, 0.05) is 17.3 Å². The van der Waals surface area contributed by atoms with Gasteiger partial charge < -0.3 is 0 Å². The number of amides is 1. The summed E-state index contributed by atoms with van der Waals surface area (Å²) in [5.74, 6) is -0.156. The Labute approximate surface area is 157 Å². The van der Waals surface area contributed by atoms with Gasteiger partial charge in [0.15, 0.2) is 0 Å². The maximum atomic E-state index is 13.4. The van der Waals surface area contributed by atoms with Crippen LogP contribution in [-0.4, -0.2) is 17.4 Å². The molecule has 1 amide bonds. The Morgan fingerprint density at radius 2 is 1.70 bits per heavy atom. The van der Waals surface area contributed by atoms with Gasteiger partial charge >= 0.3 is 0 Å². The van der Waals surface area contributed by atoms with Crippen molar-refractivity contribution in [3.8, 4) is 0 Å². The number of rotatable bonds is 5. The van der Waals surface area contributed by atoms with Crippen LogP contribution in [0.25, 0.3) is 21.8 Å². The zero-order valence-corrected chi connectivity index (χ0v) is 14.8. The largest absolute Gasteiger partial charge is 0.274 e. The lowest BCUT2D eigenvalue weighted by molar-refractivity contribution is 0.0977. The number of pyridine rings is 1. The van der Waals surface area contributed by atoms with Crippen molar-refractivity contribution >= 4 is 33.4 Å². The van der Waals surface area contributed by atoms with Crippen LogP contribution in [0.15, 0.2) is 91.5 Å². The molecule has 1 N–H and O–H groups in total. The summed E-state index contributed by atoms with van der Waals surface area (Å²) in [4.78, 5) is 18.1. The average Bonchev–Trinajstić information content (AvgIpc) is 2.72. The third-order valence-electron chi connectivity index (χ3n) is 4.39. The van der Waals surface area contributed by atoms with Crippen LogP contribution in [0.1, 0.15) is 10.4 Å². The molecule has 0 aliphatic heterocycles. The highest BCUT2D eigenvalue weighted by Crippen LogP contribution is 2.24. The molecule has 132 valence electrons. The van der Waals surface area contributed by atoms with Gasteiger partial charge in [-0.1, -0.05) is 54.6 Å². The Kier molecular flexibility index (Phi) is 4.64. The van der Waals surface area contributed by atoms with Crippen LogP contribution in [0.2, 0.25) is 0 Å². The molecule has 27 heavy (non-hydrogen) atoms. The second kappa shape index (κ2) is 7.40. The number of anilines is 1. The van der Waals surface area contributed by atoms with Crippen molar-refractivity contribution in [3.05, 3.63) is 97.1 Å². The molecular weight excluding hydrogens is 334 g/mol. The Hall–Kier alpha value is -3.50. The standard InChI is InChI=1S/C23H19N3O/c1-2-15-24-26(19-11-4-3-5-12-19)23(27)20-13-8-10-18-16-17-9-6-7-14-21(17)25-22(18)20/h2-14,16,24H,1,15H2. The lowest BCUT2D eigenvalue weighted by Gasteiger charge is -2.23. The molecule has 4 nitrogen and oxygen atoms in total. The molecule has 0 atom stereocenters. The van der Waals surface area contributed by atoms with Crippen molar-refractivity contribution in [2.75, 3.05) is 11.6 Å². The summed E-state index contributed by atoms with van der Waals surface area (Å²) in [7, 11) is 0. The summed E-state index contributed by atoms with van der Waals surface area (Å²) in [5.41, 5.74) is 6.01. The maximum Gasteiger partial charge on any atom is 0.274 e. The monoisotopic (exact) mass is 353 g/mol. The number of hydrazine groups is 1. The minimum Gasteiger partial charge on any atom is -0.267 e. The first-order valence-electron chi connectivity index (χ1n) is 8.80. The number of benzene rings is 3. The molecule has 0 bridgehead atoms. The van der Waals surface area contributed by atoms with E-state index in [1.165, 1.54) is 0 Å². The fraction of sp³-hybridized carbons (Fsp3) is 0.0435. The zero-order valence-electron chi connectivity index (χ0n) is 14.8. The van der Waals surface area contributed by atoms with Crippen LogP contribution in [0.3, 0.4) is 0 Å². The molecule has 3 aromatic carbocycles. The van der Waals surface area contributed by atoms with Crippen molar-refractivity contribution < 1.29 is 4.79 Å². The van der Waals surface area contributed by atoms with Gasteiger partial charge in [-0.2, -0.15) is 0 Å². The van der Waals surface area contributed by atoms with E-state index in [-0.39, 0.29) is 5.91 Å². The van der Waals surface area contributed by atoms with E-state index in [1.54, 1.807) is 11.1 Å². The molecule has 0 aliphatic carbocycles. The number of hydrogen-bond acceptors (Lipinski definition) is 3. The number of fused-ring (bicyclic) bond motifs is 2. The van der Waals surface area contributed by atoms with Gasteiger partial charge in [-0.15, -0.1) is 6.58 Å². The van der Waals surface area contributed by atoms with Crippen LogP contribution in [0.4, 0.5) is 5.69 Å². The van der Waals surface area contributed by atoms with Crippen molar-refractivity contribution in [2.24, 2.45) is 0 Å². The highest BCUT2D eigenvalue weighted by atomic mass is 16.2. The highest BCUT2D eigenvalue weighted by Gasteiger charge is 2.20. The van der Waals surface area contributed by atoms with E-state index in [9.17, 15) is 4.79 Å². The van der Waals surface area contributed by atoms with Crippen molar-refractivity contribution in [3.63, 3.8) is 0 Å². The Bertz CT molecular complexity index is 1120. The molecule has 0 saturated heterocycles. The summed E-state index contributed by atoms with van der Waals surface area (Å²) >= 11 is 0. The lowest BCUT2D eigenvalue weighted by atomic mass is 10.1. The van der Waals surface area contributed by atoms with Crippen molar-refractivity contribution in [1.29, 1.82) is 0 Å². The second-order valence-electron chi connectivity index (χ2n) is 6.19. The van der Waals surface area contributed by atoms with E-state index in [0.717, 1.165) is 22.0 Å². The highest BCUT2D eigenvalue weighted by molar-refractivity contribution is 6.13. The number of nitrogens with one attached hydrogen (secondary N) is 1. The van der Waals surface area contributed by atoms with Crippen molar-refractivity contribution in [1.82, 2.24) is 10.4 Å². The molecule has 4 rings (SSSR count). The minimum absolute atomic E-state index is 0.156. The third-order valence-corrected chi connectivity index (χ3v) is 4.39. The number of carbonyl (C=O) groups is 1. The number of hydrogen-bond donors (Lipinski definition) is 1. The first-order chi connectivity index (χ1) is 13.3. The summed E-state index contributed by atoms with van der Waals surface area (Å²) in [6, 6.07) is 25.2. The predicted molar refractivity (Wildman–Crippen MR) is 111 cm³/mol. The molecule has 0 saturated carbocycles. The number of para-hydroxylation sites is 3. The molecule has 1 heterocycles. The Balaban J connectivity index is 1.84. The first-order valence-corrected chi connectivity index (χ1v) is 8.80. The van der Waals surface area contributed by atoms with Crippen LogP contribution < -0.4 is 10.4 Å². The molecule has 0 fully saturated rings. The normalized spacial score (nSPS) is 10.8. The van der Waals surface area contributed by atoms with Crippen LogP contribution >= 0.6 is 0 Å². The van der Waals surface area contributed by atoms with Gasteiger partial charge in [0.2, 0.25) is 0 Å². The van der Waals surface area contributed by atoms with Crippen LogP contribution in [0, 0.1) is 0 Å². The smallest absolute Gasteiger partial charge is 0.267 e. The fourth-order valence-electron chi connectivity index (χ4n) is 3.11. The lowest BCUT2D eigenvalue weighted by Crippen LogP contribution is -2.43. The summed E-state index contributed by atoms with van der Waals surface area (Å²) in [6.07, 6.45) is 1.72. The minimum atomic E-state index is -0.156. The van der Waals surface area contributed by atoms with Crippen LogP contribution in [-0.2, 0) is 0 Å². The predicted octanol–water partition coefficient (Wildman–Crippen LogP) is 4.73. The Morgan fingerprint density at radius 1 is 0.963 bits per heavy atom. The van der Waals surface area contributed by atoms with Gasteiger partial charge in [0.05, 0.1) is 22.3 Å². The fourth-order valence-corrected chi connectivity index (χ4v) is 3.11. The number of nitrogens with zero attached hydrogens (tertiary/aromatic N) is 2. The topological polar surface area (TPSA) is 45.2 Å². The van der Waals surface area contributed by atoms with Gasteiger partial charge in [0.25, 0.3) is 5.91 Å². The molecule has 0 aliphatic rings. The molecule has 0 spiro atoms. The van der Waals surface area contributed by atoms with Gasteiger partial charge in [-0.3, -0.25) is 4.79 Å². The van der Waals surface area contributed by atoms with E-state index in [4.69, 9.17) is 4.98 Å². The summed E-state index contributed by atoms with van der Waals surface area (Å²) < 4.78 is 0. The first kappa shape index (κ1) is 16.9. The number of carbonyl (C=O) groups excluding carboxylic acids is 1. The third kappa shape index (κ3) is 3.30. The molecule has 1 aromatic heterocycles. The van der Waals surface area contributed by atoms with Gasteiger partial charge in [-0.25, -0.2) is 15.4 Å². The summed E-state index contributed by atoms with van der Waals surface area (Å²) in [5, 5.41) is 3.54. The van der Waals surface area contributed by atoms with E-state index >= 15 is 0 Å². The maximum absolute atomic E-state index is 13.4. The molecule has 4 aromatic rings. The molecule has 0 radical (unpaired) electrons. The average molecular weight is 353 g/mol. The van der Waals surface area contributed by atoms with E-state index in [1.807, 2.05) is 72.8 Å². The van der Waals surface area contributed by atoms with E-state index in [0.29, 0.717) is 17.6 Å². The van der Waals surface area contributed by atoms with Crippen molar-refractivity contribution in [2.45, 2.75) is 0 Å². The van der Waals surface area contributed by atoms with E-state index in [2.05, 4.69) is 18.1 Å². The number of aromatic nitrogens is 1. The molecule has 0 unspecified atom stereocenters. The quantitative estimate of drug-likeness (QED) is 0.321. The second-order valence-corrected chi connectivity index (χ2v) is 6.19. The zero-order chi connectivity index (χ0) is 18.6. The van der Waals surface area contributed by atoms with Crippen LogP contribution in [0.5, 0.6) is 0 Å². The SMILES string of the molecule is C=CCNN(C(=O)c1cccc2cc3ccccc3nc12)c1ccccc1. The van der Waals surface area contributed by atoms with Gasteiger partial charge in [0.1, 0.15) is 0 Å². The molecular formula is C23H19N3O. The molecule has 4 heteroatoms. The van der Waals surface area contributed by atoms with E-state index < -0.39 is 0 Å². The Morgan fingerprint density at radius 3 is 2.52 bits per heavy atom. The van der Waals surface area contributed by atoms with Gasteiger partial charge in [-0.05, 0) is 30.3 Å². The summed E-state index contributed by atoms with van der Waals surface area (Å²) in [6.45, 7) is 4.20.